The van der Waals surface area contributed by atoms with Crippen LogP contribution in [-0.2, 0) is 6.54 Å². The number of nitro groups is 1. The second kappa shape index (κ2) is 9.66. The zero-order valence-corrected chi connectivity index (χ0v) is 19.2. The van der Waals surface area contributed by atoms with Crippen molar-refractivity contribution in [1.29, 1.82) is 0 Å². The maximum atomic E-state index is 11.5. The fraction of sp³-hybridized carbons (Fsp3) is 0.167. The first-order valence-electron chi connectivity index (χ1n) is 10.1. The molecule has 33 heavy (non-hydrogen) atoms. The van der Waals surface area contributed by atoms with Gasteiger partial charge in [-0.25, -0.2) is 0 Å². The lowest BCUT2D eigenvalue weighted by atomic mass is 10.1. The van der Waals surface area contributed by atoms with Crippen LogP contribution in [0.4, 0.5) is 5.69 Å². The number of ether oxygens (including phenoxy) is 2. The molecule has 4 aromatic rings. The molecule has 0 N–H and O–H groups in total. The molecule has 0 spiro atoms. The van der Waals surface area contributed by atoms with Crippen molar-refractivity contribution in [3.63, 3.8) is 0 Å². The predicted octanol–water partition coefficient (Wildman–Crippen LogP) is 4.92. The fourth-order valence-corrected chi connectivity index (χ4v) is 4.55. The highest BCUT2D eigenvalue weighted by atomic mass is 32.1. The number of aromatic nitrogens is 1. The Labute approximate surface area is 194 Å². The number of benzene rings is 3. The van der Waals surface area contributed by atoms with Crippen molar-refractivity contribution in [2.24, 2.45) is 10.2 Å². The number of rotatable bonds is 7. The molecule has 0 bridgehead atoms. The first kappa shape index (κ1) is 22.2. The number of nitrogens with zero attached hydrogens (tertiary/aromatic N) is 4. The van der Waals surface area contributed by atoms with Crippen molar-refractivity contribution in [2.75, 3.05) is 14.2 Å². The highest BCUT2D eigenvalue weighted by Gasteiger charge is 2.18. The Morgan fingerprint density at radius 1 is 1.06 bits per heavy atom. The summed E-state index contributed by atoms with van der Waals surface area (Å²) in [5, 5.41) is 20.2. The summed E-state index contributed by atoms with van der Waals surface area (Å²) in [4.78, 5) is 11.8. The SMILES string of the molecule is COc1cc(/C=N\N=c2\sc3cc(C)ccc3n2Cc2ccccc2)c([N+](=O)[O-])cc1OC. The molecule has 3 aromatic carbocycles. The van der Waals surface area contributed by atoms with Crippen LogP contribution in [0, 0.1) is 17.0 Å². The molecule has 168 valence electrons. The van der Waals surface area contributed by atoms with E-state index in [0.717, 1.165) is 21.3 Å². The third-order valence-corrected chi connectivity index (χ3v) is 6.12. The molecule has 8 nitrogen and oxygen atoms in total. The summed E-state index contributed by atoms with van der Waals surface area (Å²) in [5.41, 5.74) is 3.48. The number of aryl methyl sites for hydroxylation is 1. The second-order valence-electron chi connectivity index (χ2n) is 7.30. The Balaban J connectivity index is 1.80. The zero-order valence-electron chi connectivity index (χ0n) is 18.4. The van der Waals surface area contributed by atoms with Gasteiger partial charge < -0.3 is 14.0 Å². The molecule has 0 atom stereocenters. The first-order valence-corrected chi connectivity index (χ1v) is 10.9. The predicted molar refractivity (Wildman–Crippen MR) is 129 cm³/mol. The van der Waals surface area contributed by atoms with Gasteiger partial charge >= 0.3 is 0 Å². The van der Waals surface area contributed by atoms with Crippen LogP contribution in [0.15, 0.2) is 70.9 Å². The Bertz CT molecular complexity index is 1410. The summed E-state index contributed by atoms with van der Waals surface area (Å²) < 4.78 is 13.6. The van der Waals surface area contributed by atoms with Gasteiger partial charge in [0.1, 0.15) is 0 Å². The van der Waals surface area contributed by atoms with E-state index in [-0.39, 0.29) is 17.0 Å². The fourth-order valence-electron chi connectivity index (χ4n) is 3.46. The molecular formula is C24H22N4O4S. The number of hydrogen-bond donors (Lipinski definition) is 0. The number of thiazole rings is 1. The van der Waals surface area contributed by atoms with E-state index < -0.39 is 4.92 Å². The van der Waals surface area contributed by atoms with Gasteiger partial charge in [-0.15, -0.1) is 5.10 Å². The first-order chi connectivity index (χ1) is 16.0. The van der Waals surface area contributed by atoms with Crippen LogP contribution in [0.3, 0.4) is 0 Å². The topological polar surface area (TPSA) is 91.2 Å². The van der Waals surface area contributed by atoms with Crippen molar-refractivity contribution >= 4 is 33.5 Å². The lowest BCUT2D eigenvalue weighted by Crippen LogP contribution is -2.15. The van der Waals surface area contributed by atoms with Gasteiger partial charge in [0, 0.05) is 0 Å². The molecular weight excluding hydrogens is 440 g/mol. The zero-order chi connectivity index (χ0) is 23.4. The van der Waals surface area contributed by atoms with E-state index in [0.29, 0.717) is 17.1 Å². The number of methoxy groups -OCH3 is 2. The molecule has 0 saturated heterocycles. The van der Waals surface area contributed by atoms with Gasteiger partial charge in [-0.2, -0.15) is 5.10 Å². The molecule has 0 amide bonds. The normalized spacial score (nSPS) is 11.9. The lowest BCUT2D eigenvalue weighted by molar-refractivity contribution is -0.385. The van der Waals surface area contributed by atoms with E-state index in [4.69, 9.17) is 9.47 Å². The van der Waals surface area contributed by atoms with Crippen molar-refractivity contribution < 1.29 is 14.4 Å². The van der Waals surface area contributed by atoms with Crippen LogP contribution in [0.25, 0.3) is 10.2 Å². The van der Waals surface area contributed by atoms with Crippen LogP contribution >= 0.6 is 11.3 Å². The van der Waals surface area contributed by atoms with Crippen LogP contribution in [0.5, 0.6) is 11.5 Å². The van der Waals surface area contributed by atoms with Crippen molar-refractivity contribution in [1.82, 2.24) is 4.57 Å². The van der Waals surface area contributed by atoms with E-state index in [1.54, 1.807) is 0 Å². The summed E-state index contributed by atoms with van der Waals surface area (Å²) in [6.07, 6.45) is 1.36. The lowest BCUT2D eigenvalue weighted by Gasteiger charge is -2.08. The number of hydrogen-bond acceptors (Lipinski definition) is 7. The Hall–Kier alpha value is -3.98. The number of fused-ring (bicyclic) bond motifs is 1. The molecule has 0 aliphatic heterocycles. The van der Waals surface area contributed by atoms with Crippen molar-refractivity contribution in [2.45, 2.75) is 13.5 Å². The molecule has 0 aliphatic rings. The van der Waals surface area contributed by atoms with Gasteiger partial charge in [-0.3, -0.25) is 10.1 Å². The third-order valence-electron chi connectivity index (χ3n) is 5.09. The van der Waals surface area contributed by atoms with Crippen LogP contribution in [0.2, 0.25) is 0 Å². The summed E-state index contributed by atoms with van der Waals surface area (Å²) >= 11 is 1.52. The van der Waals surface area contributed by atoms with Gasteiger partial charge in [-0.05, 0) is 36.2 Å². The second-order valence-corrected chi connectivity index (χ2v) is 8.30. The molecule has 0 aliphatic carbocycles. The third kappa shape index (κ3) is 4.78. The molecule has 0 saturated carbocycles. The molecule has 4 rings (SSSR count). The largest absolute Gasteiger partial charge is 0.493 e. The van der Waals surface area contributed by atoms with E-state index in [9.17, 15) is 10.1 Å². The Morgan fingerprint density at radius 3 is 2.48 bits per heavy atom. The highest BCUT2D eigenvalue weighted by molar-refractivity contribution is 7.16. The minimum Gasteiger partial charge on any atom is -0.493 e. The van der Waals surface area contributed by atoms with Crippen LogP contribution < -0.4 is 14.3 Å². The Kier molecular flexibility index (Phi) is 6.50. The van der Waals surface area contributed by atoms with E-state index in [1.165, 1.54) is 43.9 Å². The molecule has 0 unspecified atom stereocenters. The average Bonchev–Trinajstić information content (AvgIpc) is 3.15. The summed E-state index contributed by atoms with van der Waals surface area (Å²) in [5.74, 6) is 0.653. The summed E-state index contributed by atoms with van der Waals surface area (Å²) in [7, 11) is 2.90. The van der Waals surface area contributed by atoms with Crippen molar-refractivity contribution in [3.8, 4) is 11.5 Å². The Morgan fingerprint density at radius 2 is 1.79 bits per heavy atom. The quantitative estimate of drug-likeness (QED) is 0.221. The van der Waals surface area contributed by atoms with Crippen molar-refractivity contribution in [3.05, 3.63) is 92.3 Å². The smallest absolute Gasteiger partial charge is 0.282 e. The van der Waals surface area contributed by atoms with Gasteiger partial charge in [0.25, 0.3) is 5.69 Å². The van der Waals surface area contributed by atoms with E-state index in [1.807, 2.05) is 25.1 Å². The van der Waals surface area contributed by atoms with Crippen LogP contribution in [0.1, 0.15) is 16.7 Å². The molecule has 9 heteroatoms. The highest BCUT2D eigenvalue weighted by Crippen LogP contribution is 2.33. The number of nitro benzene ring substituents is 1. The van der Waals surface area contributed by atoms with E-state index >= 15 is 0 Å². The summed E-state index contributed by atoms with van der Waals surface area (Å²) in [6, 6.07) is 19.2. The minimum absolute atomic E-state index is 0.143. The molecule has 0 fully saturated rings. The summed E-state index contributed by atoms with van der Waals surface area (Å²) in [6.45, 7) is 2.68. The van der Waals surface area contributed by atoms with Gasteiger partial charge in [-0.1, -0.05) is 47.7 Å². The van der Waals surface area contributed by atoms with Gasteiger partial charge in [0.2, 0.25) is 4.80 Å². The minimum atomic E-state index is -0.485. The molecule has 1 aromatic heterocycles. The monoisotopic (exact) mass is 462 g/mol. The van der Waals surface area contributed by atoms with Gasteiger partial charge in [0.05, 0.1) is 53.7 Å². The van der Waals surface area contributed by atoms with Gasteiger partial charge in [0.15, 0.2) is 11.5 Å². The average molecular weight is 463 g/mol. The molecule has 0 radical (unpaired) electrons. The van der Waals surface area contributed by atoms with E-state index in [2.05, 4.69) is 45.1 Å². The van der Waals surface area contributed by atoms with Crippen LogP contribution in [-0.4, -0.2) is 29.9 Å². The maximum absolute atomic E-state index is 11.5. The standard InChI is InChI=1S/C24H22N4O4S/c1-16-9-10-19-23(11-16)33-24(27(19)15-17-7-5-4-6-8-17)26-25-14-18-12-21(31-2)22(32-3)13-20(18)28(29)30/h4-14H,15H2,1-3H3/b25-14-,26-24+. The molecule has 1 heterocycles. The maximum Gasteiger partial charge on any atom is 0.282 e.